The molecule has 2 N–H and O–H groups in total. The fourth-order valence-corrected chi connectivity index (χ4v) is 2.48. The lowest BCUT2D eigenvalue weighted by molar-refractivity contribution is -0.155. The summed E-state index contributed by atoms with van der Waals surface area (Å²) in [6, 6.07) is 0. The minimum atomic E-state index is -0.894. The molecule has 2 aliphatic heterocycles. The largest absolute Gasteiger partial charge is 0.481 e. The SMILES string of the molecule is O=C(O)C[C@@H]1C[C@@]2(CO2)[C@H](O)[C@@H](/C=C/I)O1. The summed E-state index contributed by atoms with van der Waals surface area (Å²) in [5.41, 5.74) is -0.570. The fourth-order valence-electron chi connectivity index (χ4n) is 2.07. The van der Waals surface area contributed by atoms with E-state index in [-0.39, 0.29) is 12.5 Å². The van der Waals surface area contributed by atoms with E-state index in [9.17, 15) is 9.90 Å². The van der Waals surface area contributed by atoms with Gasteiger partial charge in [-0.3, -0.25) is 4.79 Å². The number of carbonyl (C=O) groups is 1. The number of aliphatic hydroxyl groups is 1. The van der Waals surface area contributed by atoms with Gasteiger partial charge in [-0.2, -0.15) is 0 Å². The highest BCUT2D eigenvalue weighted by Gasteiger charge is 2.58. The first kappa shape index (κ1) is 12.3. The molecule has 1 spiro atoms. The molecule has 0 aromatic heterocycles. The summed E-state index contributed by atoms with van der Waals surface area (Å²) >= 11 is 2.04. The number of hydrogen-bond donors (Lipinski definition) is 2. The van der Waals surface area contributed by atoms with Gasteiger partial charge in [-0.25, -0.2) is 0 Å². The Morgan fingerprint density at radius 2 is 2.31 bits per heavy atom. The number of hydrogen-bond acceptors (Lipinski definition) is 4. The second kappa shape index (κ2) is 4.59. The van der Waals surface area contributed by atoms with Crippen molar-refractivity contribution >= 4 is 28.6 Å². The molecule has 4 atom stereocenters. The van der Waals surface area contributed by atoms with Gasteiger partial charge < -0.3 is 19.7 Å². The normalized spacial score (nSPS) is 42.8. The van der Waals surface area contributed by atoms with Gasteiger partial charge in [-0.15, -0.1) is 0 Å². The first-order chi connectivity index (χ1) is 7.57. The van der Waals surface area contributed by atoms with Gasteiger partial charge >= 0.3 is 5.97 Å². The highest BCUT2D eigenvalue weighted by atomic mass is 127. The van der Waals surface area contributed by atoms with Crippen molar-refractivity contribution in [3.05, 3.63) is 10.2 Å². The summed E-state index contributed by atoms with van der Waals surface area (Å²) in [7, 11) is 0. The number of aliphatic hydroxyl groups excluding tert-OH is 1. The molecule has 0 aromatic rings. The maximum atomic E-state index is 10.6. The fraction of sp³-hybridized carbons (Fsp3) is 0.700. The quantitative estimate of drug-likeness (QED) is 0.584. The molecule has 16 heavy (non-hydrogen) atoms. The number of halogens is 1. The lowest BCUT2D eigenvalue weighted by Crippen LogP contribution is -2.50. The van der Waals surface area contributed by atoms with Crippen LogP contribution in [0.5, 0.6) is 0 Å². The van der Waals surface area contributed by atoms with E-state index in [0.29, 0.717) is 13.0 Å². The van der Waals surface area contributed by atoms with Gasteiger partial charge in [0.2, 0.25) is 0 Å². The number of rotatable bonds is 3. The van der Waals surface area contributed by atoms with Crippen molar-refractivity contribution in [2.75, 3.05) is 6.61 Å². The van der Waals surface area contributed by atoms with Crippen molar-refractivity contribution in [1.82, 2.24) is 0 Å². The van der Waals surface area contributed by atoms with Crippen LogP contribution in [0.15, 0.2) is 10.2 Å². The van der Waals surface area contributed by atoms with E-state index >= 15 is 0 Å². The van der Waals surface area contributed by atoms with Crippen LogP contribution in [0, 0.1) is 0 Å². The van der Waals surface area contributed by atoms with Gasteiger partial charge in [0.25, 0.3) is 0 Å². The van der Waals surface area contributed by atoms with Crippen molar-refractivity contribution in [1.29, 1.82) is 0 Å². The van der Waals surface area contributed by atoms with Crippen LogP contribution in [0.3, 0.4) is 0 Å². The van der Waals surface area contributed by atoms with Crippen LogP contribution < -0.4 is 0 Å². The number of ether oxygens (including phenoxy) is 2. The average molecular weight is 340 g/mol. The van der Waals surface area contributed by atoms with Crippen LogP contribution in [0.2, 0.25) is 0 Å². The molecular formula is C10H13IO5. The number of carboxylic acids is 1. The predicted molar refractivity (Wildman–Crippen MR) is 63.4 cm³/mol. The highest BCUT2D eigenvalue weighted by molar-refractivity contribution is 14.1. The summed E-state index contributed by atoms with van der Waals surface area (Å²) in [6.07, 6.45) is 0.556. The van der Waals surface area contributed by atoms with E-state index in [2.05, 4.69) is 0 Å². The van der Waals surface area contributed by atoms with Crippen molar-refractivity contribution in [3.8, 4) is 0 Å². The Kier molecular flexibility index (Phi) is 3.53. The highest BCUT2D eigenvalue weighted by Crippen LogP contribution is 2.43. The van der Waals surface area contributed by atoms with Crippen LogP contribution in [-0.2, 0) is 14.3 Å². The molecular weight excluding hydrogens is 327 g/mol. The van der Waals surface area contributed by atoms with Gasteiger partial charge in [0.1, 0.15) is 17.8 Å². The summed E-state index contributed by atoms with van der Waals surface area (Å²) in [5.74, 6) is -0.894. The topological polar surface area (TPSA) is 79.3 Å². The maximum absolute atomic E-state index is 10.6. The Morgan fingerprint density at radius 1 is 1.62 bits per heavy atom. The molecule has 0 aliphatic carbocycles. The van der Waals surface area contributed by atoms with Gasteiger partial charge in [0.05, 0.1) is 19.1 Å². The molecule has 0 unspecified atom stereocenters. The monoisotopic (exact) mass is 340 g/mol. The van der Waals surface area contributed by atoms with Crippen LogP contribution in [0.25, 0.3) is 0 Å². The predicted octanol–water partition coefficient (Wildman–Crippen LogP) is 0.697. The zero-order valence-electron chi connectivity index (χ0n) is 8.51. The summed E-state index contributed by atoms with van der Waals surface area (Å²) in [4.78, 5) is 10.6. The molecule has 0 saturated carbocycles. The number of carboxylic acid groups (broad SMARTS) is 1. The third-order valence-electron chi connectivity index (χ3n) is 2.95. The van der Waals surface area contributed by atoms with Crippen LogP contribution in [0.1, 0.15) is 12.8 Å². The third kappa shape index (κ3) is 2.39. The maximum Gasteiger partial charge on any atom is 0.305 e. The van der Waals surface area contributed by atoms with Crippen molar-refractivity contribution in [3.63, 3.8) is 0 Å². The molecule has 0 radical (unpaired) electrons. The zero-order chi connectivity index (χ0) is 11.8. The smallest absolute Gasteiger partial charge is 0.305 e. The Labute approximate surface area is 107 Å². The van der Waals surface area contributed by atoms with Gasteiger partial charge in [0.15, 0.2) is 0 Å². The molecule has 5 nitrogen and oxygen atoms in total. The van der Waals surface area contributed by atoms with Crippen LogP contribution in [0.4, 0.5) is 0 Å². The van der Waals surface area contributed by atoms with E-state index in [1.807, 2.05) is 22.6 Å². The first-order valence-electron chi connectivity index (χ1n) is 5.03. The van der Waals surface area contributed by atoms with Crippen molar-refractivity contribution < 1.29 is 24.5 Å². The molecule has 2 heterocycles. The standard InChI is InChI=1S/C10H13IO5/c11-2-1-7-9(14)10(5-15-10)4-6(16-7)3-8(12)13/h1-2,6-7,9,14H,3-5H2,(H,12,13)/b2-1+/t6-,7-,9-,10-/m1/s1. The van der Waals surface area contributed by atoms with Crippen LogP contribution in [-0.4, -0.2) is 46.7 Å². The second-order valence-corrected chi connectivity index (χ2v) is 4.86. The minimum absolute atomic E-state index is 0.0522. The second-order valence-electron chi connectivity index (χ2n) is 4.14. The first-order valence-corrected chi connectivity index (χ1v) is 6.28. The third-order valence-corrected chi connectivity index (χ3v) is 3.37. The summed E-state index contributed by atoms with van der Waals surface area (Å²) in [5, 5.41) is 18.7. The molecule has 0 amide bonds. The lowest BCUT2D eigenvalue weighted by Gasteiger charge is -2.36. The van der Waals surface area contributed by atoms with Crippen molar-refractivity contribution in [2.45, 2.75) is 36.8 Å². The van der Waals surface area contributed by atoms with E-state index < -0.39 is 23.8 Å². The zero-order valence-corrected chi connectivity index (χ0v) is 10.7. The average Bonchev–Trinajstić information content (AvgIpc) is 2.94. The van der Waals surface area contributed by atoms with E-state index in [1.165, 1.54) is 0 Å². The molecule has 90 valence electrons. The minimum Gasteiger partial charge on any atom is -0.481 e. The molecule has 2 saturated heterocycles. The Hall–Kier alpha value is -0.180. The van der Waals surface area contributed by atoms with E-state index in [4.69, 9.17) is 14.6 Å². The Bertz CT molecular complexity index is 312. The Morgan fingerprint density at radius 3 is 2.81 bits per heavy atom. The Balaban J connectivity index is 2.07. The molecule has 2 fully saturated rings. The summed E-state index contributed by atoms with van der Waals surface area (Å²) in [6.45, 7) is 0.485. The van der Waals surface area contributed by atoms with Gasteiger partial charge in [-0.05, 0) is 10.2 Å². The number of aliphatic carboxylic acids is 1. The van der Waals surface area contributed by atoms with E-state index in [1.54, 1.807) is 10.2 Å². The molecule has 2 rings (SSSR count). The lowest BCUT2D eigenvalue weighted by atomic mass is 9.88. The van der Waals surface area contributed by atoms with Gasteiger partial charge in [0, 0.05) is 6.42 Å². The van der Waals surface area contributed by atoms with Crippen LogP contribution >= 0.6 is 22.6 Å². The number of epoxide rings is 1. The van der Waals surface area contributed by atoms with Gasteiger partial charge in [-0.1, -0.05) is 22.6 Å². The van der Waals surface area contributed by atoms with Crippen molar-refractivity contribution in [2.24, 2.45) is 0 Å². The summed E-state index contributed by atoms with van der Waals surface area (Å²) < 4.78 is 12.6. The molecule has 6 heteroatoms. The molecule has 2 aliphatic rings. The molecule has 0 bridgehead atoms. The van der Waals surface area contributed by atoms with E-state index in [0.717, 1.165) is 0 Å². The molecule has 0 aromatic carbocycles.